The van der Waals surface area contributed by atoms with Gasteiger partial charge in [0.25, 0.3) is 11.2 Å². The molecular formula is C19H15N5O6S. The zero-order valence-corrected chi connectivity index (χ0v) is 17.2. The Morgan fingerprint density at radius 2 is 2.06 bits per heavy atom. The second-order valence-electron chi connectivity index (χ2n) is 6.45. The number of hydrogen-bond acceptors (Lipinski definition) is 10. The molecular weight excluding hydrogens is 426 g/mol. The van der Waals surface area contributed by atoms with Crippen LogP contribution in [0.25, 0.3) is 21.6 Å². The Bertz CT molecular complexity index is 1350. The number of nitrogens with zero attached hydrogens (tertiary/aromatic N) is 5. The minimum atomic E-state index is -0.499. The van der Waals surface area contributed by atoms with Crippen LogP contribution in [0.2, 0.25) is 0 Å². The number of esters is 1. The van der Waals surface area contributed by atoms with Crippen molar-refractivity contribution in [3.63, 3.8) is 0 Å². The predicted molar refractivity (Wildman–Crippen MR) is 110 cm³/mol. The summed E-state index contributed by atoms with van der Waals surface area (Å²) in [6, 6.07) is 5.71. The van der Waals surface area contributed by atoms with Crippen LogP contribution < -0.4 is 5.56 Å². The van der Waals surface area contributed by atoms with E-state index in [1.165, 1.54) is 35.2 Å². The summed E-state index contributed by atoms with van der Waals surface area (Å²) in [6.45, 7) is 3.60. The van der Waals surface area contributed by atoms with Crippen molar-refractivity contribution in [1.82, 2.24) is 19.7 Å². The summed E-state index contributed by atoms with van der Waals surface area (Å²) in [6.07, 6.45) is 1.35. The highest BCUT2D eigenvalue weighted by Crippen LogP contribution is 2.27. The lowest BCUT2D eigenvalue weighted by Gasteiger charge is -2.02. The van der Waals surface area contributed by atoms with Gasteiger partial charge < -0.3 is 9.26 Å². The molecule has 0 fully saturated rings. The molecule has 0 aliphatic heterocycles. The molecule has 0 bridgehead atoms. The molecule has 0 aliphatic carbocycles. The van der Waals surface area contributed by atoms with Gasteiger partial charge in [-0.2, -0.15) is 4.98 Å². The van der Waals surface area contributed by atoms with Gasteiger partial charge in [-0.15, -0.1) is 11.3 Å². The largest absolute Gasteiger partial charge is 0.462 e. The van der Waals surface area contributed by atoms with Crippen molar-refractivity contribution < 1.29 is 19.0 Å². The van der Waals surface area contributed by atoms with E-state index in [1.807, 2.05) is 0 Å². The number of thiophene rings is 1. The van der Waals surface area contributed by atoms with Crippen molar-refractivity contribution >= 4 is 33.2 Å². The first kappa shape index (κ1) is 20.3. The Morgan fingerprint density at radius 1 is 1.32 bits per heavy atom. The number of hydrogen-bond donors (Lipinski definition) is 0. The van der Waals surface area contributed by atoms with Crippen LogP contribution in [0.1, 0.15) is 28.0 Å². The fourth-order valence-corrected chi connectivity index (χ4v) is 4.01. The van der Waals surface area contributed by atoms with Gasteiger partial charge in [0.1, 0.15) is 16.3 Å². The van der Waals surface area contributed by atoms with E-state index in [0.717, 1.165) is 11.3 Å². The first-order valence-electron chi connectivity index (χ1n) is 9.12. The molecule has 4 rings (SSSR count). The lowest BCUT2D eigenvalue weighted by atomic mass is 10.2. The standard InChI is InChI=1S/C19H15N5O6S/c1-3-29-19(26)15-10(2)14-17(31-15)20-9-23(18(14)25)8-13-21-16(22-30-13)11-4-6-12(7-5-11)24(27)28/h4-7,9H,3,8H2,1-2H3. The maximum Gasteiger partial charge on any atom is 0.348 e. The van der Waals surface area contributed by atoms with Crippen LogP contribution in [0.15, 0.2) is 39.9 Å². The molecule has 0 N–H and O–H groups in total. The number of carbonyl (C=O) groups is 1. The maximum absolute atomic E-state index is 12.9. The van der Waals surface area contributed by atoms with Crippen LogP contribution in [0, 0.1) is 17.0 Å². The molecule has 12 heteroatoms. The molecule has 0 saturated heterocycles. The third-order valence-corrected chi connectivity index (χ3v) is 5.67. The molecule has 0 saturated carbocycles. The van der Waals surface area contributed by atoms with E-state index >= 15 is 0 Å². The van der Waals surface area contributed by atoms with Gasteiger partial charge >= 0.3 is 5.97 Å². The summed E-state index contributed by atoms with van der Waals surface area (Å²) in [5.74, 6) is -0.0861. The normalized spacial score (nSPS) is 11.0. The summed E-state index contributed by atoms with van der Waals surface area (Å²) in [4.78, 5) is 44.6. The van der Waals surface area contributed by atoms with Crippen molar-refractivity contribution in [2.24, 2.45) is 0 Å². The number of benzene rings is 1. The monoisotopic (exact) mass is 441 g/mol. The molecule has 3 heterocycles. The Labute approximate surface area is 178 Å². The Morgan fingerprint density at radius 3 is 2.74 bits per heavy atom. The average Bonchev–Trinajstić information content (AvgIpc) is 3.35. The third-order valence-electron chi connectivity index (χ3n) is 4.49. The van der Waals surface area contributed by atoms with E-state index in [-0.39, 0.29) is 36.1 Å². The summed E-state index contributed by atoms with van der Waals surface area (Å²) in [5, 5.41) is 15.0. The highest BCUT2D eigenvalue weighted by atomic mass is 32.1. The lowest BCUT2D eigenvalue weighted by molar-refractivity contribution is -0.384. The van der Waals surface area contributed by atoms with Gasteiger partial charge in [0.05, 0.1) is 23.2 Å². The summed E-state index contributed by atoms with van der Waals surface area (Å²) in [7, 11) is 0. The first-order valence-corrected chi connectivity index (χ1v) is 9.93. The van der Waals surface area contributed by atoms with E-state index in [1.54, 1.807) is 13.8 Å². The number of carbonyl (C=O) groups excluding carboxylic acids is 1. The number of aromatic nitrogens is 4. The Balaban J connectivity index is 1.63. The number of aryl methyl sites for hydroxylation is 1. The number of ether oxygens (including phenoxy) is 1. The van der Waals surface area contributed by atoms with Crippen LogP contribution in [0.4, 0.5) is 5.69 Å². The quantitative estimate of drug-likeness (QED) is 0.250. The number of fused-ring (bicyclic) bond motifs is 1. The van der Waals surface area contributed by atoms with Crippen LogP contribution in [0.3, 0.4) is 0 Å². The molecule has 0 atom stereocenters. The van der Waals surface area contributed by atoms with Crippen molar-refractivity contribution in [3.05, 3.63) is 67.4 Å². The summed E-state index contributed by atoms with van der Waals surface area (Å²) >= 11 is 1.11. The molecule has 0 radical (unpaired) electrons. The molecule has 1 aromatic carbocycles. The van der Waals surface area contributed by atoms with Crippen LogP contribution >= 0.6 is 11.3 Å². The molecule has 158 valence electrons. The molecule has 0 unspecified atom stereocenters. The first-order chi connectivity index (χ1) is 14.9. The van der Waals surface area contributed by atoms with E-state index < -0.39 is 10.9 Å². The highest BCUT2D eigenvalue weighted by molar-refractivity contribution is 7.20. The van der Waals surface area contributed by atoms with Gasteiger partial charge in [0.15, 0.2) is 0 Å². The van der Waals surface area contributed by atoms with Crippen molar-refractivity contribution in [1.29, 1.82) is 0 Å². The third kappa shape index (κ3) is 3.80. The van der Waals surface area contributed by atoms with E-state index in [9.17, 15) is 19.7 Å². The number of rotatable bonds is 6. The fourth-order valence-electron chi connectivity index (χ4n) is 2.98. The summed E-state index contributed by atoms with van der Waals surface area (Å²) < 4.78 is 11.6. The number of nitro groups is 1. The number of nitro benzene ring substituents is 1. The zero-order valence-electron chi connectivity index (χ0n) is 16.4. The van der Waals surface area contributed by atoms with Gasteiger partial charge in [0.2, 0.25) is 11.7 Å². The minimum absolute atomic E-state index is 0.0220. The maximum atomic E-state index is 12.9. The lowest BCUT2D eigenvalue weighted by Crippen LogP contribution is -2.21. The second-order valence-corrected chi connectivity index (χ2v) is 7.45. The molecule has 3 aromatic heterocycles. The minimum Gasteiger partial charge on any atom is -0.462 e. The molecule has 0 aliphatic rings. The second kappa shape index (κ2) is 8.07. The zero-order chi connectivity index (χ0) is 22.1. The van der Waals surface area contributed by atoms with Gasteiger partial charge in [0, 0.05) is 17.7 Å². The molecule has 31 heavy (non-hydrogen) atoms. The van der Waals surface area contributed by atoms with E-state index in [2.05, 4.69) is 15.1 Å². The molecule has 4 aromatic rings. The average molecular weight is 441 g/mol. The van der Waals surface area contributed by atoms with Gasteiger partial charge in [-0.05, 0) is 31.5 Å². The van der Waals surface area contributed by atoms with Crippen LogP contribution in [-0.2, 0) is 11.3 Å². The van der Waals surface area contributed by atoms with Crippen molar-refractivity contribution in [3.8, 4) is 11.4 Å². The SMILES string of the molecule is CCOC(=O)c1sc2ncn(Cc3nc(-c4ccc([N+](=O)[O-])cc4)no3)c(=O)c2c1C. The molecule has 0 spiro atoms. The van der Waals surface area contributed by atoms with E-state index in [0.29, 0.717) is 26.2 Å². The Kier molecular flexibility index (Phi) is 5.29. The molecule has 11 nitrogen and oxygen atoms in total. The molecule has 0 amide bonds. The van der Waals surface area contributed by atoms with Crippen molar-refractivity contribution in [2.45, 2.75) is 20.4 Å². The topological polar surface area (TPSA) is 143 Å². The number of non-ortho nitro benzene ring substituents is 1. The fraction of sp³-hybridized carbons (Fsp3) is 0.211. The van der Waals surface area contributed by atoms with Gasteiger partial charge in [-0.1, -0.05) is 5.16 Å². The highest BCUT2D eigenvalue weighted by Gasteiger charge is 2.21. The Hall–Kier alpha value is -3.93. The smallest absolute Gasteiger partial charge is 0.348 e. The van der Waals surface area contributed by atoms with Gasteiger partial charge in [-0.3, -0.25) is 19.5 Å². The van der Waals surface area contributed by atoms with Crippen molar-refractivity contribution in [2.75, 3.05) is 6.61 Å². The van der Waals surface area contributed by atoms with Crippen LogP contribution in [-0.4, -0.2) is 37.2 Å². The van der Waals surface area contributed by atoms with Gasteiger partial charge in [-0.25, -0.2) is 9.78 Å². The predicted octanol–water partition coefficient (Wildman–Crippen LogP) is 2.95. The van der Waals surface area contributed by atoms with E-state index in [4.69, 9.17) is 9.26 Å². The van der Waals surface area contributed by atoms with Crippen LogP contribution in [0.5, 0.6) is 0 Å². The summed E-state index contributed by atoms with van der Waals surface area (Å²) in [5.41, 5.74) is 0.660.